The van der Waals surface area contributed by atoms with Crippen LogP contribution >= 0.6 is 22.9 Å². The molecule has 0 saturated carbocycles. The molecule has 0 radical (unpaired) electrons. The number of rotatable bonds is 4. The SMILES string of the molecule is Cc1csc(NC(=O)c2cc(OC(C)C)nc(Cl)n2)n1. The average molecular weight is 313 g/mol. The van der Waals surface area contributed by atoms with E-state index in [0.717, 1.165) is 5.69 Å². The van der Waals surface area contributed by atoms with Crippen molar-refractivity contribution in [3.63, 3.8) is 0 Å². The van der Waals surface area contributed by atoms with Crippen LogP contribution in [-0.2, 0) is 0 Å². The molecule has 8 heteroatoms. The first-order valence-electron chi connectivity index (χ1n) is 5.89. The Morgan fingerprint density at radius 1 is 1.40 bits per heavy atom. The maximum Gasteiger partial charge on any atom is 0.276 e. The number of thiazole rings is 1. The van der Waals surface area contributed by atoms with Gasteiger partial charge in [0.1, 0.15) is 5.69 Å². The summed E-state index contributed by atoms with van der Waals surface area (Å²) in [4.78, 5) is 24.0. The Balaban J connectivity index is 2.18. The molecular formula is C12H13ClN4O2S. The van der Waals surface area contributed by atoms with Gasteiger partial charge < -0.3 is 4.74 Å². The highest BCUT2D eigenvalue weighted by molar-refractivity contribution is 7.13. The molecule has 0 atom stereocenters. The lowest BCUT2D eigenvalue weighted by Crippen LogP contribution is -2.15. The second kappa shape index (κ2) is 6.15. The predicted octanol–water partition coefficient (Wildman–Crippen LogP) is 2.93. The molecule has 0 bridgehead atoms. The number of amides is 1. The first-order valence-corrected chi connectivity index (χ1v) is 7.14. The number of ether oxygens (including phenoxy) is 1. The van der Waals surface area contributed by atoms with Gasteiger partial charge in [0.15, 0.2) is 5.13 Å². The van der Waals surface area contributed by atoms with Crippen molar-refractivity contribution in [1.82, 2.24) is 15.0 Å². The smallest absolute Gasteiger partial charge is 0.276 e. The molecule has 106 valence electrons. The van der Waals surface area contributed by atoms with Crippen molar-refractivity contribution in [2.45, 2.75) is 26.9 Å². The van der Waals surface area contributed by atoms with Crippen molar-refractivity contribution in [1.29, 1.82) is 0 Å². The van der Waals surface area contributed by atoms with Gasteiger partial charge in [-0.3, -0.25) is 10.1 Å². The second-order valence-corrected chi connectivity index (χ2v) is 5.47. The molecule has 0 aliphatic heterocycles. The lowest BCUT2D eigenvalue weighted by atomic mass is 10.4. The Kier molecular flexibility index (Phi) is 4.51. The molecule has 2 aromatic rings. The van der Waals surface area contributed by atoms with Crippen molar-refractivity contribution >= 4 is 34.0 Å². The van der Waals surface area contributed by atoms with E-state index in [0.29, 0.717) is 5.13 Å². The highest BCUT2D eigenvalue weighted by Crippen LogP contribution is 2.18. The first-order chi connectivity index (χ1) is 9.44. The van der Waals surface area contributed by atoms with E-state index in [1.165, 1.54) is 17.4 Å². The molecule has 1 N–H and O–H groups in total. The van der Waals surface area contributed by atoms with Gasteiger partial charge in [0, 0.05) is 11.4 Å². The zero-order valence-electron chi connectivity index (χ0n) is 11.2. The number of anilines is 1. The van der Waals surface area contributed by atoms with Gasteiger partial charge in [0.2, 0.25) is 11.2 Å². The fraction of sp³-hybridized carbons (Fsp3) is 0.333. The minimum atomic E-state index is -0.405. The van der Waals surface area contributed by atoms with Crippen LogP contribution in [0.15, 0.2) is 11.4 Å². The third kappa shape index (κ3) is 3.88. The summed E-state index contributed by atoms with van der Waals surface area (Å²) in [7, 11) is 0. The van der Waals surface area contributed by atoms with Crippen LogP contribution in [0, 0.1) is 6.92 Å². The highest BCUT2D eigenvalue weighted by atomic mass is 35.5. The van der Waals surface area contributed by atoms with Gasteiger partial charge in [0.05, 0.1) is 11.8 Å². The minimum Gasteiger partial charge on any atom is -0.475 e. The van der Waals surface area contributed by atoms with Gasteiger partial charge in [-0.2, -0.15) is 4.98 Å². The summed E-state index contributed by atoms with van der Waals surface area (Å²) in [5, 5.41) is 4.96. The van der Waals surface area contributed by atoms with Crippen molar-refractivity contribution in [2.75, 3.05) is 5.32 Å². The van der Waals surface area contributed by atoms with Crippen molar-refractivity contribution in [3.8, 4) is 5.88 Å². The van der Waals surface area contributed by atoms with Gasteiger partial charge in [-0.05, 0) is 32.4 Å². The number of hydrogen-bond acceptors (Lipinski definition) is 6. The normalized spacial score (nSPS) is 10.7. The topological polar surface area (TPSA) is 77.0 Å². The van der Waals surface area contributed by atoms with Gasteiger partial charge in [-0.15, -0.1) is 11.3 Å². The summed E-state index contributed by atoms with van der Waals surface area (Å²) in [6.07, 6.45) is -0.0708. The van der Waals surface area contributed by atoms with Crippen LogP contribution in [-0.4, -0.2) is 27.0 Å². The molecule has 2 aromatic heterocycles. The molecule has 1 amide bonds. The van der Waals surface area contributed by atoms with Crippen LogP contribution in [0.1, 0.15) is 30.0 Å². The van der Waals surface area contributed by atoms with Crippen LogP contribution in [0.4, 0.5) is 5.13 Å². The second-order valence-electron chi connectivity index (χ2n) is 4.28. The summed E-state index contributed by atoms with van der Waals surface area (Å²) in [6, 6.07) is 1.45. The summed E-state index contributed by atoms with van der Waals surface area (Å²) in [5.41, 5.74) is 0.975. The van der Waals surface area contributed by atoms with Gasteiger partial charge in [-0.25, -0.2) is 9.97 Å². The first kappa shape index (κ1) is 14.7. The maximum absolute atomic E-state index is 12.1. The Labute approximate surface area is 125 Å². The third-order valence-corrected chi connectivity index (χ3v) is 3.15. The van der Waals surface area contributed by atoms with E-state index in [1.807, 2.05) is 26.2 Å². The summed E-state index contributed by atoms with van der Waals surface area (Å²) < 4.78 is 5.41. The molecule has 2 rings (SSSR count). The fourth-order valence-corrected chi connectivity index (χ4v) is 2.25. The van der Waals surface area contributed by atoms with Crippen LogP contribution in [0.2, 0.25) is 5.28 Å². The van der Waals surface area contributed by atoms with Gasteiger partial charge >= 0.3 is 0 Å². The molecule has 2 heterocycles. The summed E-state index contributed by atoms with van der Waals surface area (Å²) >= 11 is 7.13. The van der Waals surface area contributed by atoms with Crippen LogP contribution < -0.4 is 10.1 Å². The van der Waals surface area contributed by atoms with Crippen LogP contribution in [0.25, 0.3) is 0 Å². The number of aromatic nitrogens is 3. The molecular weight excluding hydrogens is 300 g/mol. The van der Waals surface area contributed by atoms with E-state index in [2.05, 4.69) is 20.3 Å². The molecule has 0 unspecified atom stereocenters. The molecule has 0 aliphatic carbocycles. The van der Waals surface area contributed by atoms with E-state index >= 15 is 0 Å². The molecule has 20 heavy (non-hydrogen) atoms. The molecule has 0 saturated heterocycles. The number of halogens is 1. The van der Waals surface area contributed by atoms with Crippen molar-refractivity contribution < 1.29 is 9.53 Å². The van der Waals surface area contributed by atoms with Crippen molar-refractivity contribution in [3.05, 3.63) is 28.1 Å². The maximum atomic E-state index is 12.1. The minimum absolute atomic E-state index is 0.0383. The third-order valence-electron chi connectivity index (χ3n) is 2.10. The molecule has 0 aliphatic rings. The van der Waals surface area contributed by atoms with E-state index < -0.39 is 5.91 Å². The molecule has 0 spiro atoms. The zero-order valence-corrected chi connectivity index (χ0v) is 12.7. The van der Waals surface area contributed by atoms with Gasteiger partial charge in [0.25, 0.3) is 5.91 Å². The lowest BCUT2D eigenvalue weighted by molar-refractivity contribution is 0.102. The number of aryl methyl sites for hydroxylation is 1. The molecule has 0 fully saturated rings. The highest BCUT2D eigenvalue weighted by Gasteiger charge is 2.14. The Morgan fingerprint density at radius 3 is 2.75 bits per heavy atom. The largest absolute Gasteiger partial charge is 0.475 e. The number of nitrogens with one attached hydrogen (secondary N) is 1. The fourth-order valence-electron chi connectivity index (χ4n) is 1.39. The van der Waals surface area contributed by atoms with E-state index in [9.17, 15) is 4.79 Å². The number of carbonyl (C=O) groups is 1. The molecule has 6 nitrogen and oxygen atoms in total. The Hall–Kier alpha value is -1.73. The Bertz CT molecular complexity index is 630. The lowest BCUT2D eigenvalue weighted by Gasteiger charge is -2.09. The molecule has 0 aromatic carbocycles. The zero-order chi connectivity index (χ0) is 14.7. The van der Waals surface area contributed by atoms with Crippen LogP contribution in [0.3, 0.4) is 0 Å². The average Bonchev–Trinajstić information content (AvgIpc) is 2.73. The predicted molar refractivity (Wildman–Crippen MR) is 77.6 cm³/mol. The van der Waals surface area contributed by atoms with E-state index in [-0.39, 0.29) is 23.0 Å². The van der Waals surface area contributed by atoms with Crippen molar-refractivity contribution in [2.24, 2.45) is 0 Å². The number of nitrogens with zero attached hydrogens (tertiary/aromatic N) is 3. The standard InChI is InChI=1S/C12H13ClN4O2S/c1-6(2)19-9-4-8(15-11(13)16-9)10(18)17-12-14-7(3)5-20-12/h4-6H,1-3H3,(H,14,17,18). The number of carbonyl (C=O) groups excluding carboxylic acids is 1. The summed E-state index contributed by atoms with van der Waals surface area (Å²) in [6.45, 7) is 5.56. The van der Waals surface area contributed by atoms with E-state index in [4.69, 9.17) is 16.3 Å². The summed E-state index contributed by atoms with van der Waals surface area (Å²) in [5.74, 6) is -0.141. The quantitative estimate of drug-likeness (QED) is 0.878. The van der Waals surface area contributed by atoms with Gasteiger partial charge in [-0.1, -0.05) is 0 Å². The monoisotopic (exact) mass is 312 g/mol. The van der Waals surface area contributed by atoms with Crippen LogP contribution in [0.5, 0.6) is 5.88 Å². The Morgan fingerprint density at radius 2 is 2.15 bits per heavy atom. The van der Waals surface area contributed by atoms with E-state index in [1.54, 1.807) is 0 Å². The number of hydrogen-bond donors (Lipinski definition) is 1.